The first kappa shape index (κ1) is 13.3. The molecule has 0 aliphatic carbocycles. The van der Waals surface area contributed by atoms with Gasteiger partial charge < -0.3 is 0 Å². The summed E-state index contributed by atoms with van der Waals surface area (Å²) in [4.78, 5) is 11.9. The molecule has 1 nitrogen and oxygen atoms in total. The van der Waals surface area contributed by atoms with Gasteiger partial charge in [-0.05, 0) is 24.3 Å². The summed E-state index contributed by atoms with van der Waals surface area (Å²) in [6.45, 7) is 0. The van der Waals surface area contributed by atoms with E-state index in [0.717, 1.165) is 30.3 Å². The predicted molar refractivity (Wildman–Crippen MR) is 61.3 cm³/mol. The van der Waals surface area contributed by atoms with Crippen molar-refractivity contribution < 1.29 is 22.4 Å². The number of rotatable bonds is 2. The number of halogens is 4. The smallest absolute Gasteiger partial charge is 0.288 e. The molecule has 0 bridgehead atoms. The van der Waals surface area contributed by atoms with Crippen LogP contribution in [0.4, 0.5) is 17.6 Å². The molecular weight excluding hydrogens is 260 g/mol. The Morgan fingerprint density at radius 2 is 1.47 bits per heavy atom. The number of hydrogen-bond acceptors (Lipinski definition) is 1. The third-order valence-electron chi connectivity index (χ3n) is 2.59. The summed E-state index contributed by atoms with van der Waals surface area (Å²) < 4.78 is 50.5. The third-order valence-corrected chi connectivity index (χ3v) is 2.59. The van der Waals surface area contributed by atoms with Gasteiger partial charge in [0.05, 0.1) is 11.1 Å². The normalized spacial score (nSPS) is 11.4. The van der Waals surface area contributed by atoms with E-state index in [1.54, 1.807) is 0 Å². The lowest BCUT2D eigenvalue weighted by atomic mass is 10.0. The molecule has 0 unspecified atom stereocenters. The van der Waals surface area contributed by atoms with Crippen molar-refractivity contribution >= 4 is 5.78 Å². The van der Waals surface area contributed by atoms with Crippen molar-refractivity contribution in [3.63, 3.8) is 0 Å². The lowest BCUT2D eigenvalue weighted by molar-refractivity contribution is -0.137. The van der Waals surface area contributed by atoms with Crippen molar-refractivity contribution in [2.75, 3.05) is 0 Å². The van der Waals surface area contributed by atoms with Crippen LogP contribution in [0.3, 0.4) is 0 Å². The highest BCUT2D eigenvalue weighted by atomic mass is 19.4. The van der Waals surface area contributed by atoms with Crippen LogP contribution in [0, 0.1) is 5.82 Å². The maximum atomic E-state index is 13.4. The molecule has 98 valence electrons. The number of carbonyl (C=O) groups excluding carboxylic acids is 1. The quantitative estimate of drug-likeness (QED) is 0.592. The van der Waals surface area contributed by atoms with Crippen molar-refractivity contribution in [2.45, 2.75) is 6.18 Å². The zero-order chi connectivity index (χ0) is 14.0. The molecule has 2 rings (SSSR count). The summed E-state index contributed by atoms with van der Waals surface area (Å²) in [5, 5.41) is 0. The second-order valence-corrected chi connectivity index (χ2v) is 3.88. The second kappa shape index (κ2) is 4.84. The number of benzene rings is 2. The topological polar surface area (TPSA) is 17.1 Å². The standard InChI is InChI=1S/C14H8F4O/c15-12-4-2-1-3-11(12)13(19)9-5-7-10(8-6-9)14(16,17)18/h1-8H. The van der Waals surface area contributed by atoms with Gasteiger partial charge in [-0.15, -0.1) is 0 Å². The number of alkyl halides is 3. The first-order valence-electron chi connectivity index (χ1n) is 5.36. The third kappa shape index (κ3) is 2.81. The molecule has 0 spiro atoms. The van der Waals surface area contributed by atoms with Crippen LogP contribution in [0.15, 0.2) is 48.5 Å². The highest BCUT2D eigenvalue weighted by Gasteiger charge is 2.30. The van der Waals surface area contributed by atoms with Gasteiger partial charge in [-0.1, -0.05) is 24.3 Å². The molecule has 0 heterocycles. The second-order valence-electron chi connectivity index (χ2n) is 3.88. The molecule has 0 amide bonds. The summed E-state index contributed by atoms with van der Waals surface area (Å²) in [6.07, 6.45) is -4.46. The molecule has 0 aliphatic rings. The maximum absolute atomic E-state index is 13.4. The first-order chi connectivity index (χ1) is 8.89. The van der Waals surface area contributed by atoms with Crippen molar-refractivity contribution in [1.29, 1.82) is 0 Å². The maximum Gasteiger partial charge on any atom is 0.416 e. The van der Waals surface area contributed by atoms with E-state index >= 15 is 0 Å². The fraction of sp³-hybridized carbons (Fsp3) is 0.0714. The van der Waals surface area contributed by atoms with E-state index in [1.807, 2.05) is 0 Å². The lowest BCUT2D eigenvalue weighted by Gasteiger charge is -2.07. The molecule has 2 aromatic carbocycles. The average molecular weight is 268 g/mol. The van der Waals surface area contributed by atoms with Crippen molar-refractivity contribution in [2.24, 2.45) is 0 Å². The molecular formula is C14H8F4O. The van der Waals surface area contributed by atoms with Gasteiger partial charge in [0, 0.05) is 5.56 Å². The van der Waals surface area contributed by atoms with Gasteiger partial charge in [0.25, 0.3) is 0 Å². The monoisotopic (exact) mass is 268 g/mol. The molecule has 0 radical (unpaired) electrons. The number of hydrogen-bond donors (Lipinski definition) is 0. The fourth-order valence-corrected chi connectivity index (χ4v) is 1.61. The van der Waals surface area contributed by atoms with E-state index in [1.165, 1.54) is 18.2 Å². The summed E-state index contributed by atoms with van der Waals surface area (Å²) in [7, 11) is 0. The van der Waals surface area contributed by atoms with Crippen LogP contribution in [-0.4, -0.2) is 5.78 Å². The Kier molecular flexibility index (Phi) is 3.38. The van der Waals surface area contributed by atoms with Gasteiger partial charge in [0.2, 0.25) is 0 Å². The molecule has 0 atom stereocenters. The van der Waals surface area contributed by atoms with E-state index in [4.69, 9.17) is 0 Å². The predicted octanol–water partition coefficient (Wildman–Crippen LogP) is 4.08. The molecule has 2 aromatic rings. The zero-order valence-corrected chi connectivity index (χ0v) is 9.54. The summed E-state index contributed by atoms with van der Waals surface area (Å²) in [6, 6.07) is 9.00. The zero-order valence-electron chi connectivity index (χ0n) is 9.54. The van der Waals surface area contributed by atoms with E-state index < -0.39 is 23.3 Å². The molecule has 0 saturated carbocycles. The Balaban J connectivity index is 2.34. The SMILES string of the molecule is O=C(c1ccc(C(F)(F)F)cc1)c1ccccc1F. The summed E-state index contributed by atoms with van der Waals surface area (Å²) in [5.74, 6) is -1.35. The molecule has 0 aliphatic heterocycles. The van der Waals surface area contributed by atoms with Crippen LogP contribution in [0.25, 0.3) is 0 Å². The van der Waals surface area contributed by atoms with Crippen LogP contribution in [0.1, 0.15) is 21.5 Å². The Labute approximate surface area is 106 Å². The fourth-order valence-electron chi connectivity index (χ4n) is 1.61. The molecule has 0 N–H and O–H groups in total. The summed E-state index contributed by atoms with van der Waals surface area (Å²) >= 11 is 0. The van der Waals surface area contributed by atoms with Crippen LogP contribution in [0.5, 0.6) is 0 Å². The van der Waals surface area contributed by atoms with Gasteiger partial charge in [-0.2, -0.15) is 13.2 Å². The molecule has 0 saturated heterocycles. The Hall–Kier alpha value is -2.17. The van der Waals surface area contributed by atoms with Gasteiger partial charge in [0.1, 0.15) is 5.82 Å². The van der Waals surface area contributed by atoms with Gasteiger partial charge in [-0.3, -0.25) is 4.79 Å². The largest absolute Gasteiger partial charge is 0.416 e. The number of ketones is 1. The summed E-state index contributed by atoms with van der Waals surface area (Å²) in [5.41, 5.74) is -1.00. The highest BCUT2D eigenvalue weighted by Crippen LogP contribution is 2.29. The van der Waals surface area contributed by atoms with E-state index in [9.17, 15) is 22.4 Å². The first-order valence-corrected chi connectivity index (χ1v) is 5.36. The van der Waals surface area contributed by atoms with Crippen LogP contribution in [-0.2, 0) is 6.18 Å². The molecule has 19 heavy (non-hydrogen) atoms. The Bertz CT molecular complexity index is 600. The van der Waals surface area contributed by atoms with Gasteiger partial charge in [0.15, 0.2) is 5.78 Å². The minimum absolute atomic E-state index is 0.0121. The van der Waals surface area contributed by atoms with Crippen LogP contribution >= 0.6 is 0 Å². The highest BCUT2D eigenvalue weighted by molar-refractivity contribution is 6.09. The van der Waals surface area contributed by atoms with Crippen LogP contribution < -0.4 is 0 Å². The average Bonchev–Trinajstić information content (AvgIpc) is 2.38. The van der Waals surface area contributed by atoms with Gasteiger partial charge >= 0.3 is 6.18 Å². The molecule has 5 heteroatoms. The Morgan fingerprint density at radius 3 is 2.00 bits per heavy atom. The van der Waals surface area contributed by atoms with Crippen molar-refractivity contribution in [3.8, 4) is 0 Å². The molecule has 0 aromatic heterocycles. The van der Waals surface area contributed by atoms with E-state index in [0.29, 0.717) is 0 Å². The minimum Gasteiger partial charge on any atom is -0.288 e. The van der Waals surface area contributed by atoms with E-state index in [-0.39, 0.29) is 11.1 Å². The minimum atomic E-state index is -4.46. The Morgan fingerprint density at radius 1 is 0.895 bits per heavy atom. The lowest BCUT2D eigenvalue weighted by Crippen LogP contribution is -2.07. The van der Waals surface area contributed by atoms with Crippen molar-refractivity contribution in [3.05, 3.63) is 71.0 Å². The van der Waals surface area contributed by atoms with Gasteiger partial charge in [-0.25, -0.2) is 4.39 Å². The van der Waals surface area contributed by atoms with Crippen LogP contribution in [0.2, 0.25) is 0 Å². The number of carbonyl (C=O) groups is 1. The van der Waals surface area contributed by atoms with E-state index in [2.05, 4.69) is 0 Å². The van der Waals surface area contributed by atoms with Crippen molar-refractivity contribution in [1.82, 2.24) is 0 Å². The molecule has 0 fully saturated rings.